The average molecular weight is 155 g/mol. The summed E-state index contributed by atoms with van der Waals surface area (Å²) in [6.45, 7) is 1.96. The molecule has 0 saturated carbocycles. The molecule has 0 radical (unpaired) electrons. The highest BCUT2D eigenvalue weighted by molar-refractivity contribution is 5.85. The van der Waals surface area contributed by atoms with Gasteiger partial charge in [0, 0.05) is 6.21 Å². The first-order valence-corrected chi connectivity index (χ1v) is 3.50. The van der Waals surface area contributed by atoms with Crippen LogP contribution < -0.4 is 0 Å². The van der Waals surface area contributed by atoms with Crippen LogP contribution >= 0.6 is 0 Å². The van der Waals surface area contributed by atoms with Crippen molar-refractivity contribution in [2.45, 2.75) is 19.8 Å². The van der Waals surface area contributed by atoms with Gasteiger partial charge in [0.25, 0.3) is 0 Å². The Morgan fingerprint density at radius 3 is 2.64 bits per heavy atom. The third-order valence-corrected chi connectivity index (χ3v) is 1.23. The first-order valence-electron chi connectivity index (χ1n) is 3.50. The molecule has 0 amide bonds. The lowest BCUT2D eigenvalue weighted by molar-refractivity contribution is -0.139. The molecule has 0 atom stereocenters. The molecule has 0 aliphatic heterocycles. The third kappa shape index (κ3) is 4.31. The highest BCUT2D eigenvalue weighted by Gasteiger charge is 2.01. The maximum atomic E-state index is 10.7. The van der Waals surface area contributed by atoms with Crippen molar-refractivity contribution in [3.63, 3.8) is 0 Å². The third-order valence-electron chi connectivity index (χ3n) is 1.23. The number of allylic oxidation sites excluding steroid dienone is 1. The molecule has 0 fully saturated rings. The number of ether oxygens (including phenoxy) is 1. The van der Waals surface area contributed by atoms with Gasteiger partial charge in [-0.1, -0.05) is 13.0 Å². The maximum absolute atomic E-state index is 10.7. The number of carbonyl (C=O) groups is 1. The lowest BCUT2D eigenvalue weighted by atomic mass is 10.2. The van der Waals surface area contributed by atoms with E-state index in [1.165, 1.54) is 13.3 Å². The number of methoxy groups -OCH3 is 1. The maximum Gasteiger partial charge on any atom is 0.310 e. The van der Waals surface area contributed by atoms with Crippen molar-refractivity contribution >= 4 is 12.2 Å². The minimum absolute atomic E-state index is 0.202. The SMILES string of the molecule is CC/C=C(\C=N)CC(=O)OC. The summed E-state index contributed by atoms with van der Waals surface area (Å²) >= 11 is 0. The molecular weight excluding hydrogens is 142 g/mol. The van der Waals surface area contributed by atoms with E-state index in [1.54, 1.807) is 0 Å². The van der Waals surface area contributed by atoms with Gasteiger partial charge in [0.2, 0.25) is 0 Å². The monoisotopic (exact) mass is 155 g/mol. The molecule has 3 nitrogen and oxygen atoms in total. The predicted octanol–water partition coefficient (Wildman–Crippen LogP) is 1.54. The van der Waals surface area contributed by atoms with E-state index in [9.17, 15) is 4.79 Å². The number of esters is 1. The molecule has 0 aromatic carbocycles. The summed E-state index contributed by atoms with van der Waals surface area (Å²) in [5, 5.41) is 6.93. The van der Waals surface area contributed by atoms with E-state index in [0.717, 1.165) is 6.42 Å². The Hall–Kier alpha value is -1.12. The first kappa shape index (κ1) is 9.88. The quantitative estimate of drug-likeness (QED) is 0.494. The van der Waals surface area contributed by atoms with Crippen LogP contribution in [-0.2, 0) is 9.53 Å². The molecule has 0 rings (SSSR count). The van der Waals surface area contributed by atoms with E-state index in [1.807, 2.05) is 13.0 Å². The topological polar surface area (TPSA) is 50.2 Å². The van der Waals surface area contributed by atoms with Gasteiger partial charge in [-0.15, -0.1) is 0 Å². The molecule has 0 saturated heterocycles. The summed E-state index contributed by atoms with van der Waals surface area (Å²) in [6, 6.07) is 0. The molecule has 0 aromatic heterocycles. The van der Waals surface area contributed by atoms with Gasteiger partial charge in [0.05, 0.1) is 13.5 Å². The second-order valence-corrected chi connectivity index (χ2v) is 2.08. The fourth-order valence-electron chi connectivity index (χ4n) is 0.683. The molecule has 0 aliphatic carbocycles. The Bertz CT molecular complexity index is 173. The van der Waals surface area contributed by atoms with Crippen LogP contribution in [0.25, 0.3) is 0 Å². The van der Waals surface area contributed by atoms with Crippen LogP contribution in [-0.4, -0.2) is 19.3 Å². The lowest BCUT2D eigenvalue weighted by Crippen LogP contribution is -2.02. The normalized spacial score (nSPS) is 10.9. The minimum atomic E-state index is -0.298. The van der Waals surface area contributed by atoms with Gasteiger partial charge in [-0.05, 0) is 12.0 Å². The van der Waals surface area contributed by atoms with E-state index >= 15 is 0 Å². The molecule has 3 heteroatoms. The molecule has 0 aliphatic rings. The van der Waals surface area contributed by atoms with Crippen LogP contribution in [0.4, 0.5) is 0 Å². The van der Waals surface area contributed by atoms with Gasteiger partial charge in [-0.2, -0.15) is 0 Å². The second-order valence-electron chi connectivity index (χ2n) is 2.08. The Labute approximate surface area is 66.6 Å². The van der Waals surface area contributed by atoms with Crippen molar-refractivity contribution in [3.8, 4) is 0 Å². The number of nitrogens with one attached hydrogen (secondary N) is 1. The van der Waals surface area contributed by atoms with E-state index in [0.29, 0.717) is 5.57 Å². The Morgan fingerprint density at radius 2 is 2.27 bits per heavy atom. The smallest absolute Gasteiger partial charge is 0.310 e. The molecule has 62 valence electrons. The first-order chi connectivity index (χ1) is 5.24. The van der Waals surface area contributed by atoms with Gasteiger partial charge in [0.15, 0.2) is 0 Å². The number of hydrogen-bond donors (Lipinski definition) is 1. The molecule has 0 unspecified atom stereocenters. The van der Waals surface area contributed by atoms with Crippen LogP contribution in [0.5, 0.6) is 0 Å². The van der Waals surface area contributed by atoms with Crippen molar-refractivity contribution in [1.82, 2.24) is 0 Å². The summed E-state index contributed by atoms with van der Waals surface area (Å²) in [5.74, 6) is -0.298. The van der Waals surface area contributed by atoms with E-state index in [-0.39, 0.29) is 12.4 Å². The number of rotatable bonds is 4. The fourth-order valence-corrected chi connectivity index (χ4v) is 0.683. The summed E-state index contributed by atoms with van der Waals surface area (Å²) in [4.78, 5) is 10.7. The molecule has 0 aromatic rings. The number of hydrogen-bond acceptors (Lipinski definition) is 3. The Morgan fingerprint density at radius 1 is 1.64 bits per heavy atom. The van der Waals surface area contributed by atoms with Gasteiger partial charge in [-0.3, -0.25) is 4.79 Å². The molecule has 0 bridgehead atoms. The van der Waals surface area contributed by atoms with E-state index < -0.39 is 0 Å². The van der Waals surface area contributed by atoms with Gasteiger partial charge < -0.3 is 10.1 Å². The Balaban J connectivity index is 3.98. The largest absolute Gasteiger partial charge is 0.469 e. The van der Waals surface area contributed by atoms with Crippen LogP contribution in [0.3, 0.4) is 0 Å². The predicted molar refractivity (Wildman–Crippen MR) is 43.8 cm³/mol. The molecule has 11 heavy (non-hydrogen) atoms. The molecule has 1 N–H and O–H groups in total. The summed E-state index contributed by atoms with van der Waals surface area (Å²) in [7, 11) is 1.34. The average Bonchev–Trinajstić information content (AvgIpc) is 2.03. The van der Waals surface area contributed by atoms with Crippen LogP contribution in [0.1, 0.15) is 19.8 Å². The van der Waals surface area contributed by atoms with E-state index in [4.69, 9.17) is 5.41 Å². The van der Waals surface area contributed by atoms with Crippen molar-refractivity contribution in [1.29, 1.82) is 5.41 Å². The lowest BCUT2D eigenvalue weighted by Gasteiger charge is -1.97. The van der Waals surface area contributed by atoms with Crippen LogP contribution in [0, 0.1) is 5.41 Å². The van der Waals surface area contributed by atoms with Crippen molar-refractivity contribution in [3.05, 3.63) is 11.6 Å². The van der Waals surface area contributed by atoms with Gasteiger partial charge >= 0.3 is 5.97 Å². The zero-order chi connectivity index (χ0) is 8.69. The van der Waals surface area contributed by atoms with Crippen molar-refractivity contribution < 1.29 is 9.53 Å². The van der Waals surface area contributed by atoms with Crippen LogP contribution in [0.15, 0.2) is 11.6 Å². The second kappa shape index (κ2) is 5.65. The summed E-state index contributed by atoms with van der Waals surface area (Å²) in [5.41, 5.74) is 0.708. The molecular formula is C8H13NO2. The summed E-state index contributed by atoms with van der Waals surface area (Å²) in [6.07, 6.45) is 4.06. The van der Waals surface area contributed by atoms with Gasteiger partial charge in [-0.25, -0.2) is 0 Å². The van der Waals surface area contributed by atoms with Crippen molar-refractivity contribution in [2.24, 2.45) is 0 Å². The zero-order valence-electron chi connectivity index (χ0n) is 6.89. The number of carbonyl (C=O) groups excluding carboxylic acids is 1. The highest BCUT2D eigenvalue weighted by atomic mass is 16.5. The van der Waals surface area contributed by atoms with Gasteiger partial charge in [0.1, 0.15) is 0 Å². The standard InChI is InChI=1S/C8H13NO2/c1-3-4-7(6-9)5-8(10)11-2/h4,6,9H,3,5H2,1-2H3/b7-4-,9-6?. The molecule has 0 spiro atoms. The minimum Gasteiger partial charge on any atom is -0.469 e. The highest BCUT2D eigenvalue weighted by Crippen LogP contribution is 2.00. The van der Waals surface area contributed by atoms with Crippen molar-refractivity contribution in [2.75, 3.05) is 7.11 Å². The molecule has 0 heterocycles. The Kier molecular flexibility index (Phi) is 5.07. The zero-order valence-corrected chi connectivity index (χ0v) is 6.89. The fraction of sp³-hybridized carbons (Fsp3) is 0.500. The summed E-state index contributed by atoms with van der Waals surface area (Å²) < 4.78 is 4.45. The van der Waals surface area contributed by atoms with Crippen LogP contribution in [0.2, 0.25) is 0 Å². The van der Waals surface area contributed by atoms with E-state index in [2.05, 4.69) is 4.74 Å².